The molecule has 1 saturated heterocycles. The first-order valence-corrected chi connectivity index (χ1v) is 7.07. The van der Waals surface area contributed by atoms with Gasteiger partial charge in [0, 0.05) is 6.04 Å². The van der Waals surface area contributed by atoms with Gasteiger partial charge in [-0.1, -0.05) is 6.42 Å². The van der Waals surface area contributed by atoms with E-state index < -0.39 is 6.67 Å². The predicted octanol–water partition coefficient (Wildman–Crippen LogP) is 2.61. The van der Waals surface area contributed by atoms with E-state index in [0.29, 0.717) is 30.6 Å². The second-order valence-corrected chi connectivity index (χ2v) is 5.26. The maximum absolute atomic E-state index is 12.9. The Morgan fingerprint density at radius 2 is 2.11 bits per heavy atom. The normalized spacial score (nSPS) is 22.3. The fourth-order valence-corrected chi connectivity index (χ4v) is 2.88. The lowest BCUT2D eigenvalue weighted by Gasteiger charge is -2.27. The van der Waals surface area contributed by atoms with Crippen molar-refractivity contribution in [3.05, 3.63) is 23.3 Å². The molecular formula is C15H20FNO2. The molecule has 0 bridgehead atoms. The molecule has 1 N–H and O–H groups in total. The third-order valence-electron chi connectivity index (χ3n) is 3.81. The van der Waals surface area contributed by atoms with Gasteiger partial charge in [-0.25, -0.2) is 4.39 Å². The molecule has 2 aliphatic rings. The van der Waals surface area contributed by atoms with E-state index in [4.69, 9.17) is 9.47 Å². The molecule has 19 heavy (non-hydrogen) atoms. The molecule has 2 aliphatic heterocycles. The minimum absolute atomic E-state index is 0.457. The van der Waals surface area contributed by atoms with E-state index in [1.807, 2.05) is 6.07 Å². The van der Waals surface area contributed by atoms with Crippen LogP contribution in [0.25, 0.3) is 0 Å². The number of ether oxygens (including phenoxy) is 2. The molecule has 3 nitrogen and oxygen atoms in total. The standard InChI is InChI=1S/C15H20FNO2/c16-10-11-7-12(9-13-3-1-2-4-17-13)15-14(8-11)18-5-6-19-15/h7-8,13,17H,1-6,9-10H2. The third kappa shape index (κ3) is 2.84. The molecule has 104 valence electrons. The van der Waals surface area contributed by atoms with Crippen molar-refractivity contribution in [2.45, 2.75) is 38.4 Å². The summed E-state index contributed by atoms with van der Waals surface area (Å²) < 4.78 is 24.2. The maximum Gasteiger partial charge on any atom is 0.164 e. The average Bonchev–Trinajstić information content (AvgIpc) is 2.48. The van der Waals surface area contributed by atoms with E-state index in [9.17, 15) is 4.39 Å². The summed E-state index contributed by atoms with van der Waals surface area (Å²) in [6.07, 6.45) is 4.58. The zero-order valence-corrected chi connectivity index (χ0v) is 11.1. The largest absolute Gasteiger partial charge is 0.486 e. The Hall–Kier alpha value is -1.29. The highest BCUT2D eigenvalue weighted by Crippen LogP contribution is 2.36. The Balaban J connectivity index is 1.85. The molecule has 0 radical (unpaired) electrons. The molecule has 0 spiro atoms. The smallest absolute Gasteiger partial charge is 0.164 e. The fourth-order valence-electron chi connectivity index (χ4n) is 2.88. The number of rotatable bonds is 3. The lowest BCUT2D eigenvalue weighted by molar-refractivity contribution is 0.169. The average molecular weight is 265 g/mol. The van der Waals surface area contributed by atoms with Gasteiger partial charge in [-0.15, -0.1) is 0 Å². The van der Waals surface area contributed by atoms with Crippen molar-refractivity contribution in [2.75, 3.05) is 19.8 Å². The minimum Gasteiger partial charge on any atom is -0.486 e. The molecule has 3 rings (SSSR count). The fraction of sp³-hybridized carbons (Fsp3) is 0.600. The first-order chi connectivity index (χ1) is 9.36. The summed E-state index contributed by atoms with van der Waals surface area (Å²) in [7, 11) is 0. The van der Waals surface area contributed by atoms with Crippen LogP contribution < -0.4 is 14.8 Å². The van der Waals surface area contributed by atoms with Crippen LogP contribution in [-0.4, -0.2) is 25.8 Å². The molecule has 0 saturated carbocycles. The van der Waals surface area contributed by atoms with Gasteiger partial charge in [0.2, 0.25) is 0 Å². The Morgan fingerprint density at radius 3 is 2.89 bits per heavy atom. The number of piperidine rings is 1. The topological polar surface area (TPSA) is 30.5 Å². The lowest BCUT2D eigenvalue weighted by Crippen LogP contribution is -2.35. The van der Waals surface area contributed by atoms with E-state index in [-0.39, 0.29) is 0 Å². The Kier molecular flexibility index (Phi) is 3.87. The molecule has 1 unspecified atom stereocenters. The van der Waals surface area contributed by atoms with Crippen molar-refractivity contribution in [1.29, 1.82) is 0 Å². The number of nitrogens with one attached hydrogen (secondary N) is 1. The number of alkyl halides is 1. The first kappa shape index (κ1) is 12.7. The van der Waals surface area contributed by atoms with Gasteiger partial charge in [-0.2, -0.15) is 0 Å². The molecule has 1 aromatic carbocycles. The summed E-state index contributed by atoms with van der Waals surface area (Å²) in [4.78, 5) is 0. The van der Waals surface area contributed by atoms with Crippen molar-refractivity contribution in [3.8, 4) is 11.5 Å². The molecule has 0 amide bonds. The van der Waals surface area contributed by atoms with E-state index in [0.717, 1.165) is 24.3 Å². The SMILES string of the molecule is FCc1cc(CC2CCCCN2)c2c(c1)OCCO2. The molecule has 4 heteroatoms. The zero-order chi connectivity index (χ0) is 13.1. The number of hydrogen-bond donors (Lipinski definition) is 1. The van der Waals surface area contributed by atoms with E-state index >= 15 is 0 Å². The van der Waals surface area contributed by atoms with Crippen LogP contribution in [0.3, 0.4) is 0 Å². The van der Waals surface area contributed by atoms with Crippen LogP contribution in [0.15, 0.2) is 12.1 Å². The monoisotopic (exact) mass is 265 g/mol. The van der Waals surface area contributed by atoms with E-state index in [2.05, 4.69) is 5.32 Å². The summed E-state index contributed by atoms with van der Waals surface area (Å²) in [6, 6.07) is 4.15. The second-order valence-electron chi connectivity index (χ2n) is 5.26. The number of hydrogen-bond acceptors (Lipinski definition) is 3. The molecule has 0 aliphatic carbocycles. The molecule has 1 atom stereocenters. The van der Waals surface area contributed by atoms with Gasteiger partial charge in [0.05, 0.1) is 0 Å². The number of fused-ring (bicyclic) bond motifs is 1. The van der Waals surface area contributed by atoms with Crippen LogP contribution in [0.1, 0.15) is 30.4 Å². The van der Waals surface area contributed by atoms with Gasteiger partial charge in [-0.3, -0.25) is 0 Å². The highest BCUT2D eigenvalue weighted by molar-refractivity contribution is 5.50. The highest BCUT2D eigenvalue weighted by atomic mass is 19.1. The molecule has 1 fully saturated rings. The van der Waals surface area contributed by atoms with Crippen molar-refractivity contribution in [3.63, 3.8) is 0 Å². The van der Waals surface area contributed by atoms with Crippen LogP contribution in [0.5, 0.6) is 11.5 Å². The Morgan fingerprint density at radius 1 is 1.21 bits per heavy atom. The quantitative estimate of drug-likeness (QED) is 0.911. The molecule has 0 aromatic heterocycles. The van der Waals surface area contributed by atoms with Gasteiger partial charge >= 0.3 is 0 Å². The first-order valence-electron chi connectivity index (χ1n) is 7.07. The molecular weight excluding hydrogens is 245 g/mol. The Labute approximate surface area is 113 Å². The number of halogens is 1. The van der Waals surface area contributed by atoms with Gasteiger partial charge in [0.25, 0.3) is 0 Å². The van der Waals surface area contributed by atoms with Crippen molar-refractivity contribution >= 4 is 0 Å². The summed E-state index contributed by atoms with van der Waals surface area (Å²) in [5.41, 5.74) is 1.75. The zero-order valence-electron chi connectivity index (χ0n) is 11.1. The van der Waals surface area contributed by atoms with Crippen LogP contribution in [-0.2, 0) is 13.1 Å². The molecule has 1 aromatic rings. The summed E-state index contributed by atoms with van der Waals surface area (Å²) in [5.74, 6) is 1.52. The van der Waals surface area contributed by atoms with E-state index in [1.165, 1.54) is 19.3 Å². The predicted molar refractivity (Wildman–Crippen MR) is 71.6 cm³/mol. The maximum atomic E-state index is 12.9. The van der Waals surface area contributed by atoms with Crippen molar-refractivity contribution in [2.24, 2.45) is 0 Å². The minimum atomic E-state index is -0.457. The van der Waals surface area contributed by atoms with E-state index in [1.54, 1.807) is 6.07 Å². The van der Waals surface area contributed by atoms with Crippen LogP contribution in [0.4, 0.5) is 4.39 Å². The highest BCUT2D eigenvalue weighted by Gasteiger charge is 2.21. The van der Waals surface area contributed by atoms with Crippen LogP contribution in [0, 0.1) is 0 Å². The summed E-state index contributed by atoms with van der Waals surface area (Å²) in [5, 5.41) is 3.52. The van der Waals surface area contributed by atoms with Crippen LogP contribution in [0.2, 0.25) is 0 Å². The van der Waals surface area contributed by atoms with Gasteiger partial charge < -0.3 is 14.8 Å². The van der Waals surface area contributed by atoms with Gasteiger partial charge in [0.15, 0.2) is 11.5 Å². The van der Waals surface area contributed by atoms with Gasteiger partial charge in [-0.05, 0) is 49.1 Å². The van der Waals surface area contributed by atoms with Crippen LogP contribution >= 0.6 is 0 Å². The Bertz CT molecular complexity index is 444. The third-order valence-corrected chi connectivity index (χ3v) is 3.81. The lowest BCUT2D eigenvalue weighted by atomic mass is 9.96. The summed E-state index contributed by atoms with van der Waals surface area (Å²) in [6.45, 7) is 1.74. The molecule has 2 heterocycles. The second kappa shape index (κ2) is 5.78. The van der Waals surface area contributed by atoms with Crippen molar-refractivity contribution in [1.82, 2.24) is 5.32 Å². The van der Waals surface area contributed by atoms with Gasteiger partial charge in [0.1, 0.15) is 19.9 Å². The number of benzene rings is 1. The summed E-state index contributed by atoms with van der Waals surface area (Å²) >= 11 is 0. The van der Waals surface area contributed by atoms with Crippen molar-refractivity contribution < 1.29 is 13.9 Å².